The predicted molar refractivity (Wildman–Crippen MR) is 66.1 cm³/mol. The Bertz CT molecular complexity index is 411. The number of hydrogen-bond donors (Lipinski definition) is 1. The number of fused-ring (bicyclic) bond motifs is 1. The fraction of sp³-hybridized carbons (Fsp3) is 0.500. The summed E-state index contributed by atoms with van der Waals surface area (Å²) in [6.07, 6.45) is 2.79. The van der Waals surface area contributed by atoms with E-state index in [1.807, 2.05) is 19.9 Å². The molecular formula is C12H21N3. The van der Waals surface area contributed by atoms with Gasteiger partial charge in [-0.3, -0.25) is 0 Å². The van der Waals surface area contributed by atoms with E-state index in [9.17, 15) is 0 Å². The Morgan fingerprint density at radius 3 is 2.80 bits per heavy atom. The first kappa shape index (κ1) is 11.7. The van der Waals surface area contributed by atoms with Crippen molar-refractivity contribution in [1.29, 1.82) is 0 Å². The molecule has 15 heavy (non-hydrogen) atoms. The van der Waals surface area contributed by atoms with E-state index in [-0.39, 0.29) is 1.43 Å². The van der Waals surface area contributed by atoms with Crippen LogP contribution >= 0.6 is 0 Å². The Balaban J connectivity index is 0.000000711. The Labute approximate surface area is 92.4 Å². The summed E-state index contributed by atoms with van der Waals surface area (Å²) in [6, 6.07) is 4.10. The van der Waals surface area contributed by atoms with E-state index in [4.69, 9.17) is 0 Å². The largest absolute Gasteiger partial charge is 0.343 e. The fourth-order valence-electron chi connectivity index (χ4n) is 1.32. The van der Waals surface area contributed by atoms with Crippen molar-refractivity contribution in [3.63, 3.8) is 0 Å². The van der Waals surface area contributed by atoms with Crippen LogP contribution in [0.2, 0.25) is 0 Å². The number of hydrogen-bond acceptors (Lipinski definition) is 2. The molecule has 0 bridgehead atoms. The molecule has 2 heterocycles. The molecule has 0 aromatic carbocycles. The van der Waals surface area contributed by atoms with Gasteiger partial charge in [-0.1, -0.05) is 27.7 Å². The van der Waals surface area contributed by atoms with E-state index in [1.165, 1.54) is 0 Å². The number of pyridine rings is 1. The molecule has 0 fully saturated rings. The van der Waals surface area contributed by atoms with Gasteiger partial charge >= 0.3 is 0 Å². The number of H-pyrrole nitrogens is 1. The van der Waals surface area contributed by atoms with Crippen LogP contribution in [0.1, 0.15) is 47.2 Å². The van der Waals surface area contributed by atoms with Crippen molar-refractivity contribution < 1.29 is 1.43 Å². The van der Waals surface area contributed by atoms with E-state index in [0.29, 0.717) is 5.92 Å². The van der Waals surface area contributed by atoms with Crippen LogP contribution in [0.25, 0.3) is 11.2 Å². The maximum Gasteiger partial charge on any atom is 0.177 e. The highest BCUT2D eigenvalue weighted by Crippen LogP contribution is 2.18. The van der Waals surface area contributed by atoms with Crippen LogP contribution in [0.15, 0.2) is 18.5 Å². The molecule has 2 rings (SSSR count). The van der Waals surface area contributed by atoms with E-state index < -0.39 is 0 Å². The summed E-state index contributed by atoms with van der Waals surface area (Å²) in [5, 5.41) is 0. The van der Waals surface area contributed by atoms with Crippen LogP contribution in [0.5, 0.6) is 0 Å². The van der Waals surface area contributed by atoms with Crippen LogP contribution in [-0.4, -0.2) is 15.0 Å². The maximum absolute atomic E-state index is 4.46. The van der Waals surface area contributed by atoms with E-state index in [1.54, 1.807) is 6.33 Å². The molecule has 0 radical (unpaired) electrons. The van der Waals surface area contributed by atoms with Crippen LogP contribution in [-0.2, 0) is 0 Å². The molecule has 0 aliphatic rings. The van der Waals surface area contributed by atoms with Gasteiger partial charge < -0.3 is 4.98 Å². The average Bonchev–Trinajstić information content (AvgIpc) is 2.77. The summed E-state index contributed by atoms with van der Waals surface area (Å²) in [5.41, 5.74) is 2.95. The molecule has 0 saturated carbocycles. The molecule has 0 aliphatic carbocycles. The standard InChI is InChI=1S/C10H13N3.C2H6.H2/c1-3-7(2)8-4-5-9-10(13-8)12-6-11-9;1-2;/h4-7H,3H2,1-2H3,(H,11,12,13);1-2H3;1H. The van der Waals surface area contributed by atoms with E-state index in [0.717, 1.165) is 23.3 Å². The smallest absolute Gasteiger partial charge is 0.177 e. The molecule has 3 nitrogen and oxygen atoms in total. The Hall–Kier alpha value is -1.38. The summed E-state index contributed by atoms with van der Waals surface area (Å²) in [5.74, 6) is 0.515. The number of nitrogens with one attached hydrogen (secondary N) is 1. The monoisotopic (exact) mass is 207 g/mol. The number of nitrogens with zero attached hydrogens (tertiary/aromatic N) is 2. The molecule has 1 unspecified atom stereocenters. The molecule has 1 N–H and O–H groups in total. The second kappa shape index (κ2) is 5.49. The van der Waals surface area contributed by atoms with Gasteiger partial charge in [0, 0.05) is 7.12 Å². The summed E-state index contributed by atoms with van der Waals surface area (Å²) < 4.78 is 0. The van der Waals surface area contributed by atoms with Crippen LogP contribution in [0.4, 0.5) is 0 Å². The molecule has 84 valence electrons. The third-order valence-corrected chi connectivity index (χ3v) is 2.42. The van der Waals surface area contributed by atoms with E-state index >= 15 is 0 Å². The molecule has 0 spiro atoms. The minimum absolute atomic E-state index is 0. The number of rotatable bonds is 2. The minimum atomic E-state index is 0. The fourth-order valence-corrected chi connectivity index (χ4v) is 1.32. The van der Waals surface area contributed by atoms with Gasteiger partial charge in [-0.15, -0.1) is 0 Å². The Morgan fingerprint density at radius 1 is 1.40 bits per heavy atom. The quantitative estimate of drug-likeness (QED) is 0.815. The van der Waals surface area contributed by atoms with Gasteiger partial charge in [0.05, 0.1) is 11.8 Å². The zero-order valence-electron chi connectivity index (χ0n) is 9.91. The Kier molecular flexibility index (Phi) is 4.28. The molecule has 0 saturated heterocycles. The Morgan fingerprint density at radius 2 is 2.13 bits per heavy atom. The molecule has 0 amide bonds. The first-order valence-corrected chi connectivity index (χ1v) is 5.61. The zero-order chi connectivity index (χ0) is 11.3. The van der Waals surface area contributed by atoms with Gasteiger partial charge in [0.15, 0.2) is 5.65 Å². The van der Waals surface area contributed by atoms with Crippen molar-refractivity contribution >= 4 is 11.2 Å². The van der Waals surface area contributed by atoms with Gasteiger partial charge in [0.1, 0.15) is 0 Å². The highest BCUT2D eigenvalue weighted by Gasteiger charge is 2.05. The van der Waals surface area contributed by atoms with Crippen LogP contribution < -0.4 is 0 Å². The second-order valence-electron chi connectivity index (χ2n) is 3.32. The molecule has 2 aromatic heterocycles. The first-order chi connectivity index (χ1) is 7.31. The minimum Gasteiger partial charge on any atom is -0.343 e. The lowest BCUT2D eigenvalue weighted by Gasteiger charge is -2.06. The zero-order valence-corrected chi connectivity index (χ0v) is 9.91. The van der Waals surface area contributed by atoms with Crippen molar-refractivity contribution in [1.82, 2.24) is 15.0 Å². The summed E-state index contributed by atoms with van der Waals surface area (Å²) in [4.78, 5) is 11.6. The molecule has 3 heteroatoms. The molecular weight excluding hydrogens is 186 g/mol. The third-order valence-electron chi connectivity index (χ3n) is 2.42. The second-order valence-corrected chi connectivity index (χ2v) is 3.32. The first-order valence-electron chi connectivity index (χ1n) is 5.61. The van der Waals surface area contributed by atoms with Gasteiger partial charge in [-0.25, -0.2) is 9.97 Å². The van der Waals surface area contributed by atoms with Gasteiger partial charge in [-0.2, -0.15) is 0 Å². The lowest BCUT2D eigenvalue weighted by atomic mass is 10.0. The average molecular weight is 207 g/mol. The third kappa shape index (κ3) is 2.55. The molecule has 2 aromatic rings. The van der Waals surface area contributed by atoms with Gasteiger partial charge in [0.25, 0.3) is 0 Å². The molecule has 0 aliphatic heterocycles. The summed E-state index contributed by atoms with van der Waals surface area (Å²) in [7, 11) is 0. The van der Waals surface area contributed by atoms with E-state index in [2.05, 4.69) is 34.9 Å². The van der Waals surface area contributed by atoms with Crippen molar-refractivity contribution in [2.45, 2.75) is 40.0 Å². The van der Waals surface area contributed by atoms with Gasteiger partial charge in [0.2, 0.25) is 0 Å². The van der Waals surface area contributed by atoms with Crippen molar-refractivity contribution in [2.75, 3.05) is 0 Å². The van der Waals surface area contributed by atoms with Gasteiger partial charge in [-0.05, 0) is 24.5 Å². The van der Waals surface area contributed by atoms with Crippen molar-refractivity contribution in [2.24, 2.45) is 0 Å². The summed E-state index contributed by atoms with van der Waals surface area (Å²) in [6.45, 7) is 8.35. The SMILES string of the molecule is CC.CCC(C)c1ccc2[nH]cnc2n1.[HH]. The predicted octanol–water partition coefficient (Wildman–Crippen LogP) is 3.74. The van der Waals surface area contributed by atoms with Crippen LogP contribution in [0.3, 0.4) is 0 Å². The highest BCUT2D eigenvalue weighted by atomic mass is 15.0. The topological polar surface area (TPSA) is 41.6 Å². The van der Waals surface area contributed by atoms with Crippen molar-refractivity contribution in [3.8, 4) is 0 Å². The molecule has 1 atom stereocenters. The highest BCUT2D eigenvalue weighted by molar-refractivity contribution is 5.69. The maximum atomic E-state index is 4.46. The van der Waals surface area contributed by atoms with Crippen LogP contribution in [0, 0.1) is 0 Å². The van der Waals surface area contributed by atoms with Crippen molar-refractivity contribution in [3.05, 3.63) is 24.2 Å². The lowest BCUT2D eigenvalue weighted by Crippen LogP contribution is -1.95. The number of imidazole rings is 1. The lowest BCUT2D eigenvalue weighted by molar-refractivity contribution is 0.711. The number of aromatic amines is 1. The summed E-state index contributed by atoms with van der Waals surface area (Å²) >= 11 is 0. The normalized spacial score (nSPS) is 12.0. The number of aromatic nitrogens is 3.